The molecule has 0 atom stereocenters. The molecule has 3 rings (SSSR count). The number of benzene rings is 1. The minimum Gasteiger partial charge on any atom is -0.325 e. The molecule has 2 aromatic rings. The van der Waals surface area contributed by atoms with Crippen LogP contribution in [-0.2, 0) is 11.3 Å². The van der Waals surface area contributed by atoms with Crippen LogP contribution in [0.3, 0.4) is 0 Å². The molecule has 0 aliphatic carbocycles. The van der Waals surface area contributed by atoms with E-state index < -0.39 is 0 Å². The molecule has 6 heteroatoms. The minimum atomic E-state index is 0.0622. The lowest BCUT2D eigenvalue weighted by molar-refractivity contribution is -0.117. The summed E-state index contributed by atoms with van der Waals surface area (Å²) in [5, 5.41) is 6.17. The topological polar surface area (TPSA) is 48.5 Å². The van der Waals surface area contributed by atoms with Crippen LogP contribution in [0.5, 0.6) is 0 Å². The Bertz CT molecular complexity index is 642. The van der Waals surface area contributed by atoms with E-state index in [9.17, 15) is 4.79 Å². The van der Waals surface area contributed by atoms with Crippen molar-refractivity contribution in [1.29, 1.82) is 0 Å². The van der Waals surface area contributed by atoms with Gasteiger partial charge in [0.05, 0.1) is 13.1 Å². The van der Waals surface area contributed by atoms with Crippen molar-refractivity contribution in [2.45, 2.75) is 19.9 Å². The second-order valence-corrected chi connectivity index (χ2v) is 7.23. The zero-order valence-corrected chi connectivity index (χ0v) is 14.9. The molecular formula is C18H24N4OS. The van der Waals surface area contributed by atoms with Crippen LogP contribution in [0.25, 0.3) is 0 Å². The summed E-state index contributed by atoms with van der Waals surface area (Å²) in [6.45, 7) is 7.36. The van der Waals surface area contributed by atoms with Crippen LogP contribution in [0.4, 0.5) is 5.69 Å². The molecule has 1 aromatic heterocycles. The minimum absolute atomic E-state index is 0.0622. The third-order valence-electron chi connectivity index (χ3n) is 4.23. The molecule has 24 heavy (non-hydrogen) atoms. The molecule has 1 fully saturated rings. The SMILES string of the molecule is Cc1ccc(NC(=O)CN2CCCN(Cc3nccs3)CC2)cc1. The summed E-state index contributed by atoms with van der Waals surface area (Å²) in [6, 6.07) is 7.92. The maximum atomic E-state index is 12.2. The van der Waals surface area contributed by atoms with Crippen molar-refractivity contribution < 1.29 is 4.79 Å². The Morgan fingerprint density at radius 2 is 1.92 bits per heavy atom. The Morgan fingerprint density at radius 1 is 1.17 bits per heavy atom. The third-order valence-corrected chi connectivity index (χ3v) is 4.99. The van der Waals surface area contributed by atoms with Crippen LogP contribution in [0.15, 0.2) is 35.8 Å². The smallest absolute Gasteiger partial charge is 0.238 e. The van der Waals surface area contributed by atoms with Gasteiger partial charge in [0, 0.05) is 30.4 Å². The highest BCUT2D eigenvalue weighted by molar-refractivity contribution is 7.09. The highest BCUT2D eigenvalue weighted by Gasteiger charge is 2.17. The predicted octanol–water partition coefficient (Wildman–Crippen LogP) is 2.60. The van der Waals surface area contributed by atoms with Gasteiger partial charge in [-0.2, -0.15) is 0 Å². The van der Waals surface area contributed by atoms with Gasteiger partial charge in [-0.05, 0) is 38.6 Å². The number of carbonyl (C=O) groups excluding carboxylic acids is 1. The first-order valence-corrected chi connectivity index (χ1v) is 9.26. The molecule has 1 aliphatic heterocycles. The molecule has 0 saturated carbocycles. The van der Waals surface area contributed by atoms with Crippen molar-refractivity contribution in [1.82, 2.24) is 14.8 Å². The molecule has 1 amide bonds. The summed E-state index contributed by atoms with van der Waals surface area (Å²) in [5.74, 6) is 0.0622. The van der Waals surface area contributed by atoms with Crippen molar-refractivity contribution >= 4 is 22.9 Å². The number of hydrogen-bond donors (Lipinski definition) is 1. The molecule has 1 aromatic carbocycles. The fourth-order valence-electron chi connectivity index (χ4n) is 2.90. The Morgan fingerprint density at radius 3 is 2.67 bits per heavy atom. The second kappa shape index (κ2) is 8.37. The van der Waals surface area contributed by atoms with Gasteiger partial charge >= 0.3 is 0 Å². The van der Waals surface area contributed by atoms with Crippen LogP contribution in [0, 0.1) is 6.92 Å². The highest BCUT2D eigenvalue weighted by atomic mass is 32.1. The standard InChI is InChI=1S/C18H24N4OS/c1-15-3-5-16(6-4-15)20-17(23)13-21-8-2-9-22(11-10-21)14-18-19-7-12-24-18/h3-7,12H,2,8-11,13-14H2,1H3,(H,20,23). The lowest BCUT2D eigenvalue weighted by Gasteiger charge is -2.20. The van der Waals surface area contributed by atoms with Crippen molar-refractivity contribution in [3.05, 3.63) is 46.4 Å². The fourth-order valence-corrected chi connectivity index (χ4v) is 3.56. The summed E-state index contributed by atoms with van der Waals surface area (Å²) in [7, 11) is 0. The third kappa shape index (κ3) is 5.12. The maximum absolute atomic E-state index is 12.2. The van der Waals surface area contributed by atoms with Gasteiger partial charge in [-0.3, -0.25) is 14.6 Å². The van der Waals surface area contributed by atoms with Gasteiger partial charge in [0.25, 0.3) is 0 Å². The Kier molecular flexibility index (Phi) is 5.96. The first kappa shape index (κ1) is 17.1. The summed E-state index contributed by atoms with van der Waals surface area (Å²) in [5.41, 5.74) is 2.06. The fraction of sp³-hybridized carbons (Fsp3) is 0.444. The van der Waals surface area contributed by atoms with E-state index in [1.54, 1.807) is 11.3 Å². The van der Waals surface area contributed by atoms with Gasteiger partial charge < -0.3 is 5.32 Å². The summed E-state index contributed by atoms with van der Waals surface area (Å²) < 4.78 is 0. The van der Waals surface area contributed by atoms with Crippen LogP contribution < -0.4 is 5.32 Å². The lowest BCUT2D eigenvalue weighted by atomic mass is 10.2. The Labute approximate surface area is 147 Å². The normalized spacial score (nSPS) is 16.7. The highest BCUT2D eigenvalue weighted by Crippen LogP contribution is 2.12. The molecule has 128 valence electrons. The predicted molar refractivity (Wildman–Crippen MR) is 98.3 cm³/mol. The Balaban J connectivity index is 1.45. The molecule has 5 nitrogen and oxygen atoms in total. The molecule has 1 N–H and O–H groups in total. The molecule has 1 aliphatic rings. The molecule has 0 unspecified atom stereocenters. The van der Waals surface area contributed by atoms with Gasteiger partial charge in [0.2, 0.25) is 5.91 Å². The number of aromatic nitrogens is 1. The number of thiazole rings is 1. The number of rotatable bonds is 5. The first-order chi connectivity index (χ1) is 11.7. The zero-order valence-electron chi connectivity index (χ0n) is 14.1. The van der Waals surface area contributed by atoms with Crippen molar-refractivity contribution in [2.24, 2.45) is 0 Å². The molecule has 0 bridgehead atoms. The van der Waals surface area contributed by atoms with Crippen LogP contribution in [-0.4, -0.2) is 53.4 Å². The van der Waals surface area contributed by atoms with Crippen LogP contribution in [0.1, 0.15) is 17.0 Å². The van der Waals surface area contributed by atoms with Crippen molar-refractivity contribution in [3.63, 3.8) is 0 Å². The van der Waals surface area contributed by atoms with Crippen molar-refractivity contribution in [2.75, 3.05) is 38.0 Å². The zero-order chi connectivity index (χ0) is 16.8. The van der Waals surface area contributed by atoms with E-state index in [-0.39, 0.29) is 5.91 Å². The number of nitrogens with one attached hydrogen (secondary N) is 1. The summed E-state index contributed by atoms with van der Waals surface area (Å²) in [6.07, 6.45) is 2.95. The van der Waals surface area contributed by atoms with E-state index in [4.69, 9.17) is 0 Å². The largest absolute Gasteiger partial charge is 0.325 e. The van der Waals surface area contributed by atoms with E-state index in [0.29, 0.717) is 6.54 Å². The number of amides is 1. The van der Waals surface area contributed by atoms with Crippen LogP contribution in [0.2, 0.25) is 0 Å². The molecule has 1 saturated heterocycles. The monoisotopic (exact) mass is 344 g/mol. The number of hydrogen-bond acceptors (Lipinski definition) is 5. The quantitative estimate of drug-likeness (QED) is 0.906. The number of anilines is 1. The van der Waals surface area contributed by atoms with E-state index in [1.165, 1.54) is 10.6 Å². The Hall–Kier alpha value is -1.76. The first-order valence-electron chi connectivity index (χ1n) is 8.38. The van der Waals surface area contributed by atoms with Gasteiger partial charge in [-0.15, -0.1) is 11.3 Å². The average molecular weight is 344 g/mol. The van der Waals surface area contributed by atoms with Gasteiger partial charge in [-0.1, -0.05) is 17.7 Å². The molecule has 2 heterocycles. The number of nitrogens with zero attached hydrogens (tertiary/aromatic N) is 3. The lowest BCUT2D eigenvalue weighted by Crippen LogP contribution is -2.36. The second-order valence-electron chi connectivity index (χ2n) is 6.25. The van der Waals surface area contributed by atoms with Gasteiger partial charge in [-0.25, -0.2) is 4.98 Å². The van der Waals surface area contributed by atoms with E-state index >= 15 is 0 Å². The number of aryl methyl sites for hydroxylation is 1. The maximum Gasteiger partial charge on any atom is 0.238 e. The summed E-state index contributed by atoms with van der Waals surface area (Å²) in [4.78, 5) is 21.3. The average Bonchev–Trinajstić information content (AvgIpc) is 2.97. The van der Waals surface area contributed by atoms with E-state index in [1.807, 2.05) is 42.8 Å². The molecule has 0 radical (unpaired) electrons. The van der Waals surface area contributed by atoms with Crippen molar-refractivity contribution in [3.8, 4) is 0 Å². The molecule has 0 spiro atoms. The number of carbonyl (C=O) groups is 1. The van der Waals surface area contributed by atoms with E-state index in [2.05, 4.69) is 20.1 Å². The van der Waals surface area contributed by atoms with Crippen LogP contribution >= 0.6 is 11.3 Å². The van der Waals surface area contributed by atoms with E-state index in [0.717, 1.165) is 44.8 Å². The summed E-state index contributed by atoms with van der Waals surface area (Å²) >= 11 is 1.71. The molecular weight excluding hydrogens is 320 g/mol. The van der Waals surface area contributed by atoms with Gasteiger partial charge in [0.15, 0.2) is 0 Å². The van der Waals surface area contributed by atoms with Gasteiger partial charge in [0.1, 0.15) is 5.01 Å².